The molecule has 4 bridgehead atoms. The van der Waals surface area contributed by atoms with E-state index in [2.05, 4.69) is 9.80 Å². The van der Waals surface area contributed by atoms with Gasteiger partial charge in [-0.3, -0.25) is 38.8 Å². The predicted molar refractivity (Wildman–Crippen MR) is 148 cm³/mol. The second-order valence-electron chi connectivity index (χ2n) is 14.7. The van der Waals surface area contributed by atoms with Gasteiger partial charge in [0, 0.05) is 51.1 Å². The van der Waals surface area contributed by atoms with Gasteiger partial charge in [-0.2, -0.15) is 0 Å². The van der Waals surface area contributed by atoms with Crippen LogP contribution in [0.2, 0.25) is 0 Å². The molecule has 0 aromatic rings. The Kier molecular flexibility index (Phi) is 7.29. The Hall–Kier alpha value is -1.88. The van der Waals surface area contributed by atoms with Crippen LogP contribution in [-0.4, -0.2) is 118 Å². The highest BCUT2D eigenvalue weighted by Gasteiger charge is 2.65. The zero-order valence-electron chi connectivity index (χ0n) is 25.1. The molecular weight excluding hydrogens is 512 g/mol. The molecule has 0 spiro atoms. The Labute approximate surface area is 238 Å². The summed E-state index contributed by atoms with van der Waals surface area (Å²) in [5.41, 5.74) is -1.89. The number of aliphatic hydroxyl groups excluding tert-OH is 2. The second kappa shape index (κ2) is 9.85. The standard InChI is InChI=1S/C30H48N4O6/c1-27(2)21-7-9-29(27,5)25(39)33(23(21)37)17-19(35)15-31-11-13-32(14-12-31)16-20(36)18-34-24(38)22-8-10-30(6,26(34)40)28(22,3)4/h19-22,35-36H,7-18H2,1-6H3/t19-,20-,21-,22+,29+,30-/m0/s1. The summed E-state index contributed by atoms with van der Waals surface area (Å²) in [5.74, 6) is -0.997. The molecule has 0 aromatic carbocycles. The van der Waals surface area contributed by atoms with Crippen LogP contribution in [-0.2, 0) is 19.2 Å². The zero-order chi connectivity index (χ0) is 29.4. The fourth-order valence-corrected chi connectivity index (χ4v) is 8.44. The van der Waals surface area contributed by atoms with Gasteiger partial charge in [0.15, 0.2) is 0 Å². The molecule has 2 N–H and O–H groups in total. The first-order chi connectivity index (χ1) is 18.5. The third kappa shape index (κ3) is 4.27. The van der Waals surface area contributed by atoms with Crippen molar-refractivity contribution in [1.82, 2.24) is 19.6 Å². The molecule has 0 radical (unpaired) electrons. The summed E-state index contributed by atoms with van der Waals surface area (Å²) in [6.07, 6.45) is 1.18. The number of piperidine rings is 2. The Balaban J connectivity index is 1.09. The third-order valence-electron chi connectivity index (χ3n) is 12.2. The number of aliphatic hydroxyl groups is 2. The minimum atomic E-state index is -0.827. The lowest BCUT2D eigenvalue weighted by Gasteiger charge is -2.48. The molecule has 0 aromatic heterocycles. The van der Waals surface area contributed by atoms with Crippen molar-refractivity contribution < 1.29 is 29.4 Å². The normalized spacial score (nSPS) is 37.4. The molecule has 5 rings (SSSR count). The van der Waals surface area contributed by atoms with E-state index in [0.717, 1.165) is 0 Å². The zero-order valence-corrected chi connectivity index (χ0v) is 25.1. The molecule has 224 valence electrons. The fraction of sp³-hybridized carbons (Fsp3) is 0.867. The van der Waals surface area contributed by atoms with Gasteiger partial charge in [0.2, 0.25) is 23.6 Å². The maximum atomic E-state index is 13.3. The van der Waals surface area contributed by atoms with E-state index in [1.807, 2.05) is 41.5 Å². The van der Waals surface area contributed by atoms with Crippen LogP contribution in [0.1, 0.15) is 67.2 Å². The molecule has 5 aliphatic rings. The number of β-amino-alcohol motifs (C(OH)–C–C–N with tert-alkyl or cyclic N) is 2. The Morgan fingerprint density at radius 1 is 0.625 bits per heavy atom. The molecule has 2 saturated carbocycles. The van der Waals surface area contributed by atoms with Crippen molar-refractivity contribution in [2.24, 2.45) is 33.5 Å². The van der Waals surface area contributed by atoms with Crippen molar-refractivity contribution in [1.29, 1.82) is 0 Å². The van der Waals surface area contributed by atoms with E-state index >= 15 is 0 Å². The van der Waals surface area contributed by atoms with Crippen molar-refractivity contribution in [3.8, 4) is 0 Å². The van der Waals surface area contributed by atoms with Gasteiger partial charge in [0.25, 0.3) is 0 Å². The molecule has 2 aliphatic carbocycles. The van der Waals surface area contributed by atoms with Crippen LogP contribution in [0.3, 0.4) is 0 Å². The molecular formula is C30H48N4O6. The summed E-state index contributed by atoms with van der Waals surface area (Å²) in [5, 5.41) is 21.7. The first-order valence-corrected chi connectivity index (χ1v) is 15.1. The Bertz CT molecular complexity index is 1000. The quantitative estimate of drug-likeness (QED) is 0.421. The van der Waals surface area contributed by atoms with E-state index in [9.17, 15) is 29.4 Å². The number of imide groups is 2. The lowest BCUT2D eigenvalue weighted by atomic mass is 9.62. The number of likely N-dealkylation sites (tertiary alicyclic amines) is 2. The van der Waals surface area contributed by atoms with Gasteiger partial charge in [-0.1, -0.05) is 41.5 Å². The highest BCUT2D eigenvalue weighted by atomic mass is 16.3. The maximum absolute atomic E-state index is 13.3. The number of nitrogens with zero attached hydrogens (tertiary/aromatic N) is 4. The summed E-state index contributed by atoms with van der Waals surface area (Å²) in [4.78, 5) is 59.6. The van der Waals surface area contributed by atoms with E-state index < -0.39 is 23.0 Å². The first kappa shape index (κ1) is 29.6. The number of hydrogen-bond acceptors (Lipinski definition) is 8. The number of fused-ring (bicyclic) bond motifs is 4. The van der Waals surface area contributed by atoms with Crippen molar-refractivity contribution in [3.05, 3.63) is 0 Å². The molecule has 0 unspecified atom stereocenters. The molecule has 3 saturated heterocycles. The highest BCUT2D eigenvalue weighted by Crippen LogP contribution is 2.61. The van der Waals surface area contributed by atoms with Gasteiger partial charge >= 0.3 is 0 Å². The van der Waals surface area contributed by atoms with Crippen LogP contribution in [0, 0.1) is 33.5 Å². The minimum Gasteiger partial charge on any atom is -0.390 e. The van der Waals surface area contributed by atoms with Gasteiger partial charge in [0.1, 0.15) is 0 Å². The van der Waals surface area contributed by atoms with E-state index in [1.165, 1.54) is 9.80 Å². The van der Waals surface area contributed by atoms with Crippen LogP contribution in [0.5, 0.6) is 0 Å². The topological polar surface area (TPSA) is 122 Å². The molecule has 6 atom stereocenters. The van der Waals surface area contributed by atoms with Crippen LogP contribution < -0.4 is 0 Å². The van der Waals surface area contributed by atoms with Crippen LogP contribution in [0.25, 0.3) is 0 Å². The lowest BCUT2D eigenvalue weighted by molar-refractivity contribution is -0.171. The third-order valence-corrected chi connectivity index (χ3v) is 12.2. The SMILES string of the molecule is CC1(C)[C@@H]2CC[C@@]1(C)C(=O)N(C[C@@H](O)CN1CCN(C[C@H](O)CN3C(=O)[C@@H]4CC[C@](C)(C3=O)C4(C)C)CC1)C2=O. The number of carbonyl (C=O) groups is 4. The number of carbonyl (C=O) groups excluding carboxylic acids is 4. The minimum absolute atomic E-state index is 0.0212. The molecule has 3 heterocycles. The molecule has 5 fully saturated rings. The van der Waals surface area contributed by atoms with Gasteiger partial charge < -0.3 is 10.2 Å². The van der Waals surface area contributed by atoms with E-state index in [-0.39, 0.29) is 59.4 Å². The largest absolute Gasteiger partial charge is 0.390 e. The number of hydrogen-bond donors (Lipinski definition) is 2. The summed E-state index contributed by atoms with van der Waals surface area (Å²) in [6.45, 7) is 15.4. The van der Waals surface area contributed by atoms with E-state index in [4.69, 9.17) is 0 Å². The van der Waals surface area contributed by atoms with E-state index in [1.54, 1.807) is 0 Å². The van der Waals surface area contributed by atoms with Crippen LogP contribution >= 0.6 is 0 Å². The lowest BCUT2D eigenvalue weighted by Crippen LogP contribution is -2.61. The van der Waals surface area contributed by atoms with Crippen molar-refractivity contribution in [3.63, 3.8) is 0 Å². The smallest absolute Gasteiger partial charge is 0.235 e. The van der Waals surface area contributed by atoms with Gasteiger partial charge in [-0.05, 0) is 36.5 Å². The first-order valence-electron chi connectivity index (χ1n) is 15.1. The van der Waals surface area contributed by atoms with Crippen molar-refractivity contribution >= 4 is 23.6 Å². The summed E-state index contributed by atoms with van der Waals surface area (Å²) in [7, 11) is 0. The highest BCUT2D eigenvalue weighted by molar-refractivity contribution is 6.04. The average molecular weight is 561 g/mol. The summed E-state index contributed by atoms with van der Waals surface area (Å²) < 4.78 is 0. The summed E-state index contributed by atoms with van der Waals surface area (Å²) >= 11 is 0. The average Bonchev–Trinajstić information content (AvgIpc) is 3.20. The van der Waals surface area contributed by atoms with Gasteiger partial charge in [-0.25, -0.2) is 0 Å². The van der Waals surface area contributed by atoms with Crippen LogP contribution in [0.15, 0.2) is 0 Å². The van der Waals surface area contributed by atoms with E-state index in [0.29, 0.717) is 65.0 Å². The molecule has 4 amide bonds. The molecule has 10 nitrogen and oxygen atoms in total. The number of amides is 4. The molecule has 3 aliphatic heterocycles. The number of rotatable bonds is 8. The monoisotopic (exact) mass is 560 g/mol. The Morgan fingerprint density at radius 3 is 1.27 bits per heavy atom. The van der Waals surface area contributed by atoms with Gasteiger partial charge in [0.05, 0.1) is 36.1 Å². The van der Waals surface area contributed by atoms with Crippen molar-refractivity contribution in [2.45, 2.75) is 79.4 Å². The fourth-order valence-electron chi connectivity index (χ4n) is 8.44. The molecule has 40 heavy (non-hydrogen) atoms. The maximum Gasteiger partial charge on any atom is 0.235 e. The number of piperazine rings is 1. The molecule has 10 heteroatoms. The predicted octanol–water partition coefficient (Wildman–Crippen LogP) is 0.948. The Morgan fingerprint density at radius 2 is 0.950 bits per heavy atom. The van der Waals surface area contributed by atoms with Gasteiger partial charge in [-0.15, -0.1) is 0 Å². The summed E-state index contributed by atoms with van der Waals surface area (Å²) in [6, 6.07) is 0. The van der Waals surface area contributed by atoms with Crippen LogP contribution in [0.4, 0.5) is 0 Å². The second-order valence-corrected chi connectivity index (χ2v) is 14.7. The van der Waals surface area contributed by atoms with Crippen molar-refractivity contribution in [2.75, 3.05) is 52.4 Å².